The van der Waals surface area contributed by atoms with Crippen LogP contribution >= 0.6 is 0 Å². The third-order valence-electron chi connectivity index (χ3n) is 3.69. The van der Waals surface area contributed by atoms with E-state index in [9.17, 15) is 4.79 Å². The van der Waals surface area contributed by atoms with Crippen LogP contribution in [-0.2, 0) is 19.0 Å². The van der Waals surface area contributed by atoms with E-state index in [0.717, 1.165) is 12.8 Å². The summed E-state index contributed by atoms with van der Waals surface area (Å²) in [5, 5.41) is 0. The zero-order valence-corrected chi connectivity index (χ0v) is 10.2. The van der Waals surface area contributed by atoms with Gasteiger partial charge in [0, 0.05) is 19.4 Å². The van der Waals surface area contributed by atoms with Gasteiger partial charge in [-0.15, -0.1) is 0 Å². The molecule has 0 N–H and O–H groups in total. The normalized spacial score (nSPS) is 42.1. The molecule has 0 saturated carbocycles. The van der Waals surface area contributed by atoms with E-state index in [1.807, 2.05) is 20.8 Å². The molecule has 3 unspecified atom stereocenters. The molecule has 4 heteroatoms. The summed E-state index contributed by atoms with van der Waals surface area (Å²) in [7, 11) is 0. The van der Waals surface area contributed by atoms with E-state index < -0.39 is 5.60 Å². The van der Waals surface area contributed by atoms with E-state index in [4.69, 9.17) is 14.2 Å². The molecule has 0 bridgehead atoms. The van der Waals surface area contributed by atoms with Crippen LogP contribution in [0, 0.1) is 0 Å². The van der Waals surface area contributed by atoms with Gasteiger partial charge in [0.1, 0.15) is 5.60 Å². The number of carbonyl (C=O) groups is 1. The molecule has 2 saturated heterocycles. The molecule has 92 valence electrons. The summed E-state index contributed by atoms with van der Waals surface area (Å²) >= 11 is 0. The average Bonchev–Trinajstić information content (AvgIpc) is 2.87. The fourth-order valence-corrected chi connectivity index (χ4v) is 2.83. The van der Waals surface area contributed by atoms with Gasteiger partial charge in [-0.3, -0.25) is 0 Å². The highest BCUT2D eigenvalue weighted by molar-refractivity contribution is 5.85. The number of epoxide rings is 1. The minimum absolute atomic E-state index is 0.164. The molecule has 0 aromatic heterocycles. The third kappa shape index (κ3) is 1.55. The zero-order valence-electron chi connectivity index (χ0n) is 10.2. The Bertz CT molecular complexity index is 291. The first-order valence-electron chi connectivity index (χ1n) is 6.09. The van der Waals surface area contributed by atoms with Crippen molar-refractivity contribution in [3.05, 3.63) is 0 Å². The van der Waals surface area contributed by atoms with Crippen molar-refractivity contribution in [1.82, 2.24) is 0 Å². The second-order valence-electron chi connectivity index (χ2n) is 4.63. The summed E-state index contributed by atoms with van der Waals surface area (Å²) in [6.07, 6.45) is 2.43. The number of ether oxygens (including phenoxy) is 3. The molecule has 0 amide bonds. The molecule has 2 fully saturated rings. The Morgan fingerprint density at radius 1 is 1.50 bits per heavy atom. The average molecular weight is 228 g/mol. The maximum absolute atomic E-state index is 12.0. The molecule has 0 aromatic rings. The van der Waals surface area contributed by atoms with E-state index in [2.05, 4.69) is 0 Å². The molecule has 2 rings (SSSR count). The number of rotatable bonds is 3. The van der Waals surface area contributed by atoms with Gasteiger partial charge in [0.05, 0.1) is 12.7 Å². The second kappa shape index (κ2) is 4.00. The van der Waals surface area contributed by atoms with Crippen LogP contribution in [0.5, 0.6) is 0 Å². The monoisotopic (exact) mass is 228 g/mol. The molecular formula is C12H20O4. The van der Waals surface area contributed by atoms with Crippen LogP contribution in [0.4, 0.5) is 0 Å². The quantitative estimate of drug-likeness (QED) is 0.544. The maximum atomic E-state index is 12.0. The smallest absolute Gasteiger partial charge is 0.341 e. The molecule has 4 nitrogen and oxygen atoms in total. The second-order valence-corrected chi connectivity index (χ2v) is 4.63. The first kappa shape index (κ1) is 11.9. The maximum Gasteiger partial charge on any atom is 0.341 e. The van der Waals surface area contributed by atoms with Gasteiger partial charge in [-0.2, -0.15) is 0 Å². The van der Waals surface area contributed by atoms with Crippen LogP contribution in [0.15, 0.2) is 0 Å². The first-order valence-corrected chi connectivity index (χ1v) is 6.09. The lowest BCUT2D eigenvalue weighted by Gasteiger charge is -2.27. The third-order valence-corrected chi connectivity index (χ3v) is 3.69. The van der Waals surface area contributed by atoms with Crippen molar-refractivity contribution in [2.45, 2.75) is 57.3 Å². The number of carbonyl (C=O) groups excluding carboxylic acids is 1. The highest BCUT2D eigenvalue weighted by Gasteiger charge is 2.74. The van der Waals surface area contributed by atoms with Crippen molar-refractivity contribution in [1.29, 1.82) is 0 Å². The topological polar surface area (TPSA) is 48.1 Å². The Morgan fingerprint density at radius 2 is 2.25 bits per heavy atom. The fourth-order valence-electron chi connectivity index (χ4n) is 2.83. The lowest BCUT2D eigenvalue weighted by molar-refractivity contribution is -0.149. The Hall–Kier alpha value is -0.610. The summed E-state index contributed by atoms with van der Waals surface area (Å²) in [6.45, 7) is 6.90. The Balaban J connectivity index is 2.11. The van der Waals surface area contributed by atoms with Gasteiger partial charge in [-0.05, 0) is 20.3 Å². The summed E-state index contributed by atoms with van der Waals surface area (Å²) in [5.74, 6) is -0.202. The molecule has 3 atom stereocenters. The molecule has 2 aliphatic heterocycles. The first-order chi connectivity index (χ1) is 7.60. The van der Waals surface area contributed by atoms with Crippen molar-refractivity contribution in [2.24, 2.45) is 0 Å². The number of esters is 1. The molecule has 2 aliphatic rings. The number of hydrogen-bond donors (Lipinski definition) is 0. The molecule has 1 spiro atoms. The summed E-state index contributed by atoms with van der Waals surface area (Å²) in [5.41, 5.74) is -1.01. The predicted octanol–water partition coefficient (Wildman–Crippen LogP) is 1.67. The zero-order chi connectivity index (χ0) is 11.8. The summed E-state index contributed by atoms with van der Waals surface area (Å²) in [6, 6.07) is 0. The SMILES string of the molecule is CCOC(=O)C1(CC)OC12CCOC(C)C2. The molecule has 0 radical (unpaired) electrons. The van der Waals surface area contributed by atoms with E-state index in [0.29, 0.717) is 19.6 Å². The summed E-state index contributed by atoms with van der Waals surface area (Å²) < 4.78 is 16.4. The highest BCUT2D eigenvalue weighted by atomic mass is 16.7. The molecule has 0 aliphatic carbocycles. The molecule has 16 heavy (non-hydrogen) atoms. The van der Waals surface area contributed by atoms with Gasteiger partial charge in [-0.25, -0.2) is 4.79 Å². The van der Waals surface area contributed by atoms with Crippen LogP contribution < -0.4 is 0 Å². The van der Waals surface area contributed by atoms with Crippen LogP contribution in [0.2, 0.25) is 0 Å². The van der Waals surface area contributed by atoms with Gasteiger partial charge in [0.15, 0.2) is 5.60 Å². The van der Waals surface area contributed by atoms with Crippen LogP contribution in [-0.4, -0.2) is 36.5 Å². The molecule has 0 aromatic carbocycles. The van der Waals surface area contributed by atoms with Crippen LogP contribution in [0.3, 0.4) is 0 Å². The predicted molar refractivity (Wildman–Crippen MR) is 58.1 cm³/mol. The van der Waals surface area contributed by atoms with E-state index in [1.165, 1.54) is 0 Å². The fraction of sp³-hybridized carbons (Fsp3) is 0.917. The van der Waals surface area contributed by atoms with Crippen molar-refractivity contribution < 1.29 is 19.0 Å². The largest absolute Gasteiger partial charge is 0.464 e. The van der Waals surface area contributed by atoms with Crippen LogP contribution in [0.25, 0.3) is 0 Å². The Labute approximate surface area is 96.2 Å². The Kier molecular flexibility index (Phi) is 2.97. The summed E-state index contributed by atoms with van der Waals surface area (Å²) in [4.78, 5) is 12.0. The van der Waals surface area contributed by atoms with Crippen molar-refractivity contribution in [3.8, 4) is 0 Å². The van der Waals surface area contributed by atoms with E-state index >= 15 is 0 Å². The van der Waals surface area contributed by atoms with Crippen molar-refractivity contribution in [2.75, 3.05) is 13.2 Å². The Morgan fingerprint density at radius 3 is 2.81 bits per heavy atom. The van der Waals surface area contributed by atoms with Crippen molar-refractivity contribution >= 4 is 5.97 Å². The van der Waals surface area contributed by atoms with Gasteiger partial charge in [-0.1, -0.05) is 6.92 Å². The van der Waals surface area contributed by atoms with Gasteiger partial charge in [0.2, 0.25) is 0 Å². The number of hydrogen-bond acceptors (Lipinski definition) is 4. The van der Waals surface area contributed by atoms with E-state index in [-0.39, 0.29) is 17.7 Å². The highest BCUT2D eigenvalue weighted by Crippen LogP contribution is 2.57. The molecular weight excluding hydrogens is 208 g/mol. The van der Waals surface area contributed by atoms with Gasteiger partial charge >= 0.3 is 5.97 Å². The van der Waals surface area contributed by atoms with E-state index in [1.54, 1.807) is 0 Å². The van der Waals surface area contributed by atoms with Gasteiger partial charge in [0.25, 0.3) is 0 Å². The van der Waals surface area contributed by atoms with Gasteiger partial charge < -0.3 is 14.2 Å². The lowest BCUT2D eigenvalue weighted by Crippen LogP contribution is -2.41. The lowest BCUT2D eigenvalue weighted by atomic mass is 9.82. The minimum atomic E-state index is -0.693. The standard InChI is InChI=1S/C12H20O4/c1-4-12(10(13)14-5-2)11(16-12)6-7-15-9(3)8-11/h9H,4-8H2,1-3H3. The van der Waals surface area contributed by atoms with Crippen molar-refractivity contribution in [3.63, 3.8) is 0 Å². The van der Waals surface area contributed by atoms with Crippen LogP contribution in [0.1, 0.15) is 40.0 Å². The molecule has 2 heterocycles. The minimum Gasteiger partial charge on any atom is -0.464 e.